The SMILES string of the molecule is CC1CCN(CC(=O)Nc2ccc3c(c2)OC2(CCCCC2)O3)CC1. The molecule has 1 amide bonds. The first kappa shape index (κ1) is 16.7. The number of fused-ring (bicyclic) bond motifs is 1. The van der Waals surface area contributed by atoms with Crippen molar-refractivity contribution in [2.24, 2.45) is 5.92 Å². The second-order valence-electron chi connectivity index (χ2n) is 7.84. The number of amides is 1. The second-order valence-corrected chi connectivity index (χ2v) is 7.84. The molecule has 0 radical (unpaired) electrons. The van der Waals surface area contributed by atoms with Gasteiger partial charge < -0.3 is 14.8 Å². The van der Waals surface area contributed by atoms with Crippen LogP contribution in [0, 0.1) is 5.92 Å². The summed E-state index contributed by atoms with van der Waals surface area (Å²) >= 11 is 0. The molecule has 136 valence electrons. The average Bonchev–Trinajstić information content (AvgIpc) is 2.94. The van der Waals surface area contributed by atoms with Crippen LogP contribution in [0.15, 0.2) is 18.2 Å². The van der Waals surface area contributed by atoms with E-state index in [0.29, 0.717) is 6.54 Å². The summed E-state index contributed by atoms with van der Waals surface area (Å²) in [6.07, 6.45) is 7.78. The van der Waals surface area contributed by atoms with Gasteiger partial charge >= 0.3 is 0 Å². The van der Waals surface area contributed by atoms with E-state index in [2.05, 4.69) is 17.1 Å². The minimum Gasteiger partial charge on any atom is -0.448 e. The first-order chi connectivity index (χ1) is 12.1. The fourth-order valence-electron chi connectivity index (χ4n) is 4.09. The van der Waals surface area contributed by atoms with Crippen LogP contribution >= 0.6 is 0 Å². The van der Waals surface area contributed by atoms with E-state index in [-0.39, 0.29) is 5.91 Å². The maximum Gasteiger partial charge on any atom is 0.251 e. The van der Waals surface area contributed by atoms with Crippen molar-refractivity contribution in [2.45, 2.75) is 57.7 Å². The van der Waals surface area contributed by atoms with Gasteiger partial charge in [-0.25, -0.2) is 0 Å². The number of anilines is 1. The second kappa shape index (κ2) is 6.87. The molecule has 25 heavy (non-hydrogen) atoms. The Balaban J connectivity index is 1.35. The summed E-state index contributed by atoms with van der Waals surface area (Å²) in [7, 11) is 0. The van der Waals surface area contributed by atoms with Crippen LogP contribution < -0.4 is 14.8 Å². The van der Waals surface area contributed by atoms with Gasteiger partial charge in [0.1, 0.15) is 0 Å². The van der Waals surface area contributed by atoms with Crippen LogP contribution in [0.3, 0.4) is 0 Å². The number of carbonyl (C=O) groups excluding carboxylic acids is 1. The molecule has 0 aromatic heterocycles. The maximum atomic E-state index is 12.3. The zero-order valence-electron chi connectivity index (χ0n) is 15.1. The summed E-state index contributed by atoms with van der Waals surface area (Å²) in [4.78, 5) is 14.6. The third kappa shape index (κ3) is 3.76. The van der Waals surface area contributed by atoms with Gasteiger partial charge in [-0.05, 0) is 56.8 Å². The highest BCUT2D eigenvalue weighted by atomic mass is 16.7. The molecule has 0 bridgehead atoms. The first-order valence-electron chi connectivity index (χ1n) is 9.66. The molecule has 2 heterocycles. The molecule has 1 N–H and O–H groups in total. The van der Waals surface area contributed by atoms with Gasteiger partial charge in [0.2, 0.25) is 5.91 Å². The molecule has 4 rings (SSSR count). The molecule has 1 saturated carbocycles. The summed E-state index contributed by atoms with van der Waals surface area (Å²) in [5, 5.41) is 3.01. The molecule has 0 atom stereocenters. The van der Waals surface area contributed by atoms with E-state index in [4.69, 9.17) is 9.47 Å². The highest BCUT2D eigenvalue weighted by molar-refractivity contribution is 5.92. The van der Waals surface area contributed by atoms with Gasteiger partial charge in [0.15, 0.2) is 11.5 Å². The zero-order chi connectivity index (χ0) is 17.3. The Morgan fingerprint density at radius 2 is 1.88 bits per heavy atom. The van der Waals surface area contributed by atoms with E-state index >= 15 is 0 Å². The van der Waals surface area contributed by atoms with Gasteiger partial charge in [-0.1, -0.05) is 13.3 Å². The number of piperidine rings is 1. The molecular weight excluding hydrogens is 316 g/mol. The van der Waals surface area contributed by atoms with Gasteiger partial charge in [0, 0.05) is 24.6 Å². The van der Waals surface area contributed by atoms with Crippen LogP contribution in [0.5, 0.6) is 11.5 Å². The molecule has 5 heteroatoms. The van der Waals surface area contributed by atoms with E-state index in [1.165, 1.54) is 19.3 Å². The fourth-order valence-corrected chi connectivity index (χ4v) is 4.09. The Hall–Kier alpha value is -1.75. The Morgan fingerprint density at radius 3 is 2.64 bits per heavy atom. The topological polar surface area (TPSA) is 50.8 Å². The number of hydrogen-bond acceptors (Lipinski definition) is 4. The normalized spacial score (nSPS) is 22.9. The predicted octanol–water partition coefficient (Wildman–Crippen LogP) is 3.79. The largest absolute Gasteiger partial charge is 0.448 e. The van der Waals surface area contributed by atoms with Crippen LogP contribution in [-0.4, -0.2) is 36.2 Å². The number of hydrogen-bond donors (Lipinski definition) is 1. The van der Waals surface area contributed by atoms with E-state index < -0.39 is 5.79 Å². The lowest BCUT2D eigenvalue weighted by atomic mass is 9.94. The standard InChI is InChI=1S/C20H28N2O3/c1-15-7-11-22(12-8-15)14-19(23)21-16-5-6-17-18(13-16)25-20(24-17)9-3-2-4-10-20/h5-6,13,15H,2-4,7-12,14H2,1H3,(H,21,23). The van der Waals surface area contributed by atoms with E-state index in [9.17, 15) is 4.79 Å². The lowest BCUT2D eigenvalue weighted by Crippen LogP contribution is -2.40. The monoisotopic (exact) mass is 344 g/mol. The lowest BCUT2D eigenvalue weighted by Gasteiger charge is -2.31. The molecule has 1 aromatic carbocycles. The van der Waals surface area contributed by atoms with Crippen molar-refractivity contribution >= 4 is 11.6 Å². The molecule has 2 aliphatic heterocycles. The number of nitrogens with one attached hydrogen (secondary N) is 1. The molecule has 3 aliphatic rings. The van der Waals surface area contributed by atoms with Crippen molar-refractivity contribution in [1.82, 2.24) is 4.90 Å². The molecule has 5 nitrogen and oxygen atoms in total. The van der Waals surface area contributed by atoms with Gasteiger partial charge in [0.25, 0.3) is 5.79 Å². The molecule has 1 aromatic rings. The summed E-state index contributed by atoms with van der Waals surface area (Å²) < 4.78 is 12.2. The Morgan fingerprint density at radius 1 is 1.16 bits per heavy atom. The summed E-state index contributed by atoms with van der Waals surface area (Å²) in [6.45, 7) is 4.77. The van der Waals surface area contributed by atoms with Crippen LogP contribution in [0.4, 0.5) is 5.69 Å². The van der Waals surface area contributed by atoms with Gasteiger partial charge in [-0.3, -0.25) is 9.69 Å². The molecular formula is C20H28N2O3. The molecule has 0 unspecified atom stereocenters. The quantitative estimate of drug-likeness (QED) is 0.906. The Labute approximate surface area is 149 Å². The van der Waals surface area contributed by atoms with Gasteiger partial charge in [-0.2, -0.15) is 0 Å². The van der Waals surface area contributed by atoms with Crippen LogP contribution in [-0.2, 0) is 4.79 Å². The highest BCUT2D eigenvalue weighted by Crippen LogP contribution is 2.46. The number of likely N-dealkylation sites (tertiary alicyclic amines) is 1. The number of ether oxygens (including phenoxy) is 2. The zero-order valence-corrected chi connectivity index (χ0v) is 15.1. The van der Waals surface area contributed by atoms with E-state index in [0.717, 1.165) is 61.9 Å². The number of nitrogens with zero attached hydrogens (tertiary/aromatic N) is 1. The molecule has 1 spiro atoms. The molecule has 1 saturated heterocycles. The van der Waals surface area contributed by atoms with Crippen LogP contribution in [0.25, 0.3) is 0 Å². The van der Waals surface area contributed by atoms with Crippen molar-refractivity contribution in [3.05, 3.63) is 18.2 Å². The number of carbonyl (C=O) groups is 1. The minimum absolute atomic E-state index is 0.0424. The summed E-state index contributed by atoms with van der Waals surface area (Å²) in [6, 6.07) is 5.71. The number of benzene rings is 1. The Bertz CT molecular complexity index is 632. The maximum absolute atomic E-state index is 12.3. The van der Waals surface area contributed by atoms with E-state index in [1.807, 2.05) is 18.2 Å². The first-order valence-corrected chi connectivity index (χ1v) is 9.66. The predicted molar refractivity (Wildman–Crippen MR) is 97.0 cm³/mol. The highest BCUT2D eigenvalue weighted by Gasteiger charge is 2.42. The smallest absolute Gasteiger partial charge is 0.251 e. The third-order valence-corrected chi connectivity index (χ3v) is 5.68. The fraction of sp³-hybridized carbons (Fsp3) is 0.650. The minimum atomic E-state index is -0.465. The van der Waals surface area contributed by atoms with Gasteiger partial charge in [0.05, 0.1) is 6.54 Å². The Kier molecular flexibility index (Phi) is 4.59. The van der Waals surface area contributed by atoms with Crippen molar-refractivity contribution in [3.8, 4) is 11.5 Å². The van der Waals surface area contributed by atoms with Crippen molar-refractivity contribution in [1.29, 1.82) is 0 Å². The van der Waals surface area contributed by atoms with E-state index in [1.54, 1.807) is 0 Å². The summed E-state index contributed by atoms with van der Waals surface area (Å²) in [5.41, 5.74) is 0.783. The van der Waals surface area contributed by atoms with Crippen LogP contribution in [0.1, 0.15) is 51.9 Å². The lowest BCUT2D eigenvalue weighted by molar-refractivity contribution is -0.117. The van der Waals surface area contributed by atoms with Crippen molar-refractivity contribution in [3.63, 3.8) is 0 Å². The average molecular weight is 344 g/mol. The molecule has 2 fully saturated rings. The van der Waals surface area contributed by atoms with Gasteiger partial charge in [-0.15, -0.1) is 0 Å². The molecule has 1 aliphatic carbocycles. The number of rotatable bonds is 3. The van der Waals surface area contributed by atoms with Crippen LogP contribution in [0.2, 0.25) is 0 Å². The van der Waals surface area contributed by atoms with Crippen molar-refractivity contribution < 1.29 is 14.3 Å². The third-order valence-electron chi connectivity index (χ3n) is 5.68. The summed E-state index contributed by atoms with van der Waals surface area (Å²) in [5.74, 6) is 1.91. The van der Waals surface area contributed by atoms with Crippen molar-refractivity contribution in [2.75, 3.05) is 25.0 Å².